The van der Waals surface area contributed by atoms with Crippen LogP contribution in [0, 0.1) is 19.8 Å². The van der Waals surface area contributed by atoms with Crippen molar-refractivity contribution >= 4 is 5.97 Å². The van der Waals surface area contributed by atoms with Gasteiger partial charge in [0, 0.05) is 6.42 Å². The topological polar surface area (TPSA) is 37.3 Å². The number of hydrogen-bond acceptors (Lipinski definition) is 1. The Hall–Kier alpha value is -1.31. The number of benzene rings is 1. The van der Waals surface area contributed by atoms with Crippen molar-refractivity contribution in [2.75, 3.05) is 0 Å². The molecule has 0 radical (unpaired) electrons. The minimum atomic E-state index is -0.715. The van der Waals surface area contributed by atoms with E-state index in [1.807, 2.05) is 6.92 Å². The summed E-state index contributed by atoms with van der Waals surface area (Å²) in [5, 5.41) is 8.69. The Morgan fingerprint density at radius 1 is 1.40 bits per heavy atom. The lowest BCUT2D eigenvalue weighted by Crippen LogP contribution is -2.08. The smallest absolute Gasteiger partial charge is 0.303 e. The quantitative estimate of drug-likeness (QED) is 0.822. The van der Waals surface area contributed by atoms with Crippen molar-refractivity contribution in [3.05, 3.63) is 34.9 Å². The van der Waals surface area contributed by atoms with E-state index >= 15 is 0 Å². The molecule has 0 aliphatic heterocycles. The summed E-state index contributed by atoms with van der Waals surface area (Å²) in [4.78, 5) is 10.6. The molecule has 0 spiro atoms. The van der Waals surface area contributed by atoms with Crippen LogP contribution < -0.4 is 0 Å². The van der Waals surface area contributed by atoms with E-state index in [1.54, 1.807) is 0 Å². The van der Waals surface area contributed by atoms with Gasteiger partial charge in [-0.05, 0) is 37.3 Å². The highest BCUT2D eigenvalue weighted by Gasteiger charge is 2.09. The van der Waals surface area contributed by atoms with E-state index < -0.39 is 5.97 Å². The molecule has 1 aromatic carbocycles. The van der Waals surface area contributed by atoms with Crippen LogP contribution in [0.25, 0.3) is 0 Å². The largest absolute Gasteiger partial charge is 0.481 e. The van der Waals surface area contributed by atoms with Crippen LogP contribution in [0.5, 0.6) is 0 Å². The third kappa shape index (κ3) is 3.74. The normalized spacial score (nSPS) is 12.5. The van der Waals surface area contributed by atoms with Gasteiger partial charge in [-0.3, -0.25) is 4.79 Å². The van der Waals surface area contributed by atoms with Gasteiger partial charge >= 0.3 is 5.97 Å². The molecular formula is C13H18O2. The van der Waals surface area contributed by atoms with Crippen LogP contribution in [0.1, 0.15) is 30.0 Å². The summed E-state index contributed by atoms with van der Waals surface area (Å²) in [6.45, 7) is 6.11. The van der Waals surface area contributed by atoms with Gasteiger partial charge in [-0.1, -0.05) is 30.7 Å². The van der Waals surface area contributed by atoms with Crippen LogP contribution >= 0.6 is 0 Å². The summed E-state index contributed by atoms with van der Waals surface area (Å²) in [7, 11) is 0. The van der Waals surface area contributed by atoms with Crippen molar-refractivity contribution in [2.24, 2.45) is 5.92 Å². The van der Waals surface area contributed by atoms with E-state index in [-0.39, 0.29) is 12.3 Å². The Morgan fingerprint density at radius 3 is 2.67 bits per heavy atom. The van der Waals surface area contributed by atoms with E-state index in [0.29, 0.717) is 0 Å². The second-order valence-corrected chi connectivity index (χ2v) is 4.34. The van der Waals surface area contributed by atoms with Crippen molar-refractivity contribution in [3.63, 3.8) is 0 Å². The average Bonchev–Trinajstić information content (AvgIpc) is 2.10. The maximum atomic E-state index is 10.6. The first kappa shape index (κ1) is 11.8. The van der Waals surface area contributed by atoms with Gasteiger partial charge < -0.3 is 5.11 Å². The maximum absolute atomic E-state index is 10.6. The van der Waals surface area contributed by atoms with E-state index in [4.69, 9.17) is 5.11 Å². The van der Waals surface area contributed by atoms with Crippen LogP contribution in [0.4, 0.5) is 0 Å². The Balaban J connectivity index is 2.71. The molecule has 0 aliphatic rings. The number of carboxylic acid groups (broad SMARTS) is 1. The van der Waals surface area contributed by atoms with Crippen LogP contribution in [-0.4, -0.2) is 11.1 Å². The Kier molecular flexibility index (Phi) is 3.89. The standard InChI is InChI=1S/C13H18O2/c1-9-4-5-11(3)12(6-9)7-10(2)8-13(14)15/h4-6,10H,7-8H2,1-3H3,(H,14,15). The highest BCUT2D eigenvalue weighted by Crippen LogP contribution is 2.17. The summed E-state index contributed by atoms with van der Waals surface area (Å²) in [6.07, 6.45) is 1.09. The number of aryl methyl sites for hydroxylation is 2. The molecule has 1 unspecified atom stereocenters. The third-order valence-electron chi connectivity index (χ3n) is 2.60. The van der Waals surface area contributed by atoms with Crippen LogP contribution in [0.2, 0.25) is 0 Å². The molecule has 0 saturated heterocycles. The predicted octanol–water partition coefficient (Wildman–Crippen LogP) is 2.96. The molecule has 2 heteroatoms. The molecule has 1 rings (SSSR count). The van der Waals surface area contributed by atoms with Crippen molar-refractivity contribution in [1.82, 2.24) is 0 Å². The van der Waals surface area contributed by atoms with Crippen molar-refractivity contribution in [1.29, 1.82) is 0 Å². The lowest BCUT2D eigenvalue weighted by Gasteiger charge is -2.11. The number of carbonyl (C=O) groups is 1. The molecule has 0 bridgehead atoms. The summed E-state index contributed by atoms with van der Waals surface area (Å²) in [5.41, 5.74) is 3.75. The monoisotopic (exact) mass is 206 g/mol. The fraction of sp³-hybridized carbons (Fsp3) is 0.462. The van der Waals surface area contributed by atoms with Gasteiger partial charge in [-0.25, -0.2) is 0 Å². The first-order chi connectivity index (χ1) is 6.99. The third-order valence-corrected chi connectivity index (χ3v) is 2.60. The lowest BCUT2D eigenvalue weighted by atomic mass is 9.94. The van der Waals surface area contributed by atoms with E-state index in [0.717, 1.165) is 6.42 Å². The number of rotatable bonds is 4. The van der Waals surface area contributed by atoms with Gasteiger partial charge in [-0.2, -0.15) is 0 Å². The van der Waals surface area contributed by atoms with Crippen molar-refractivity contribution in [2.45, 2.75) is 33.6 Å². The average molecular weight is 206 g/mol. The Bertz CT molecular complexity index is 356. The van der Waals surface area contributed by atoms with Crippen LogP contribution in [0.15, 0.2) is 18.2 Å². The van der Waals surface area contributed by atoms with Gasteiger partial charge in [0.05, 0.1) is 0 Å². The molecular weight excluding hydrogens is 188 g/mol. The van der Waals surface area contributed by atoms with Gasteiger partial charge in [0.25, 0.3) is 0 Å². The van der Waals surface area contributed by atoms with Gasteiger partial charge in [0.15, 0.2) is 0 Å². The summed E-state index contributed by atoms with van der Waals surface area (Å²) >= 11 is 0. The lowest BCUT2D eigenvalue weighted by molar-refractivity contribution is -0.137. The summed E-state index contributed by atoms with van der Waals surface area (Å²) in [6, 6.07) is 6.33. The molecule has 1 aromatic rings. The highest BCUT2D eigenvalue weighted by molar-refractivity contribution is 5.67. The summed E-state index contributed by atoms with van der Waals surface area (Å²) in [5.74, 6) is -0.518. The molecule has 2 nitrogen and oxygen atoms in total. The SMILES string of the molecule is Cc1ccc(C)c(CC(C)CC(=O)O)c1. The van der Waals surface area contributed by atoms with E-state index in [2.05, 4.69) is 32.0 Å². The molecule has 0 heterocycles. The van der Waals surface area contributed by atoms with Gasteiger partial charge in [0.2, 0.25) is 0 Å². The fourth-order valence-corrected chi connectivity index (χ4v) is 1.77. The predicted molar refractivity (Wildman–Crippen MR) is 61.0 cm³/mol. The van der Waals surface area contributed by atoms with Gasteiger partial charge in [-0.15, -0.1) is 0 Å². The van der Waals surface area contributed by atoms with Gasteiger partial charge in [0.1, 0.15) is 0 Å². The maximum Gasteiger partial charge on any atom is 0.303 e. The van der Waals surface area contributed by atoms with Crippen molar-refractivity contribution in [3.8, 4) is 0 Å². The molecule has 0 fully saturated rings. The number of hydrogen-bond donors (Lipinski definition) is 1. The first-order valence-corrected chi connectivity index (χ1v) is 5.27. The molecule has 1 N–H and O–H groups in total. The minimum absolute atomic E-state index is 0.197. The molecule has 0 aromatic heterocycles. The Morgan fingerprint density at radius 2 is 2.07 bits per heavy atom. The molecule has 0 aliphatic carbocycles. The fourth-order valence-electron chi connectivity index (χ4n) is 1.77. The van der Waals surface area contributed by atoms with Crippen LogP contribution in [-0.2, 0) is 11.2 Å². The van der Waals surface area contributed by atoms with E-state index in [9.17, 15) is 4.79 Å². The second-order valence-electron chi connectivity index (χ2n) is 4.34. The number of carboxylic acids is 1. The van der Waals surface area contributed by atoms with Crippen LogP contribution in [0.3, 0.4) is 0 Å². The highest BCUT2D eigenvalue weighted by atomic mass is 16.4. The molecule has 1 atom stereocenters. The van der Waals surface area contributed by atoms with Crippen molar-refractivity contribution < 1.29 is 9.90 Å². The zero-order valence-electron chi connectivity index (χ0n) is 9.58. The van der Waals surface area contributed by atoms with E-state index in [1.165, 1.54) is 16.7 Å². The first-order valence-electron chi connectivity index (χ1n) is 5.27. The number of aliphatic carboxylic acids is 1. The molecule has 15 heavy (non-hydrogen) atoms. The zero-order chi connectivity index (χ0) is 11.4. The minimum Gasteiger partial charge on any atom is -0.481 e. The second kappa shape index (κ2) is 4.96. The summed E-state index contributed by atoms with van der Waals surface area (Å²) < 4.78 is 0. The molecule has 0 saturated carbocycles. The zero-order valence-corrected chi connectivity index (χ0v) is 9.58. The molecule has 0 amide bonds. The molecule has 82 valence electrons. The Labute approximate surface area is 90.9 Å².